The molecule has 1 aromatic carbocycles. The maximum Gasteiger partial charge on any atom is 0.00781 e. The van der Waals surface area contributed by atoms with Gasteiger partial charge in [0.1, 0.15) is 0 Å². The highest BCUT2D eigenvalue weighted by Crippen LogP contribution is 2.08. The number of H-pyrrole nitrogens is 1. The number of aryl methyl sites for hydroxylation is 1. The molecule has 0 unspecified atom stereocenters. The minimum atomic E-state index is 1.20. The van der Waals surface area contributed by atoms with E-state index in [0.29, 0.717) is 0 Å². The van der Waals surface area contributed by atoms with Crippen LogP contribution in [0.15, 0.2) is 42.7 Å². The third kappa shape index (κ3) is 2.13. The standard InChI is InChI=1S/C13H13N/c1-11-2-4-12(5-3-11)6-7-13-8-9-14-10-13/h2-10,14H,1H3/b7-6+. The van der Waals surface area contributed by atoms with Gasteiger partial charge in [0.25, 0.3) is 0 Å². The van der Waals surface area contributed by atoms with Gasteiger partial charge in [-0.3, -0.25) is 0 Å². The second-order valence-electron chi connectivity index (χ2n) is 3.39. The summed E-state index contributed by atoms with van der Waals surface area (Å²) in [5, 5.41) is 0. The van der Waals surface area contributed by atoms with Gasteiger partial charge in [0.05, 0.1) is 0 Å². The number of rotatable bonds is 2. The predicted octanol–water partition coefficient (Wildman–Crippen LogP) is 3.49. The molecule has 2 rings (SSSR count). The molecule has 1 heteroatoms. The summed E-state index contributed by atoms with van der Waals surface area (Å²) in [6.45, 7) is 2.10. The molecule has 2 aromatic rings. The van der Waals surface area contributed by atoms with E-state index in [1.807, 2.05) is 18.5 Å². The van der Waals surface area contributed by atoms with E-state index >= 15 is 0 Å². The Kier molecular flexibility index (Phi) is 2.50. The van der Waals surface area contributed by atoms with Crippen LogP contribution in [0, 0.1) is 6.92 Å². The van der Waals surface area contributed by atoms with E-state index in [1.54, 1.807) is 0 Å². The number of nitrogens with one attached hydrogen (secondary N) is 1. The molecule has 0 aliphatic heterocycles. The lowest BCUT2D eigenvalue weighted by atomic mass is 10.1. The number of hydrogen-bond acceptors (Lipinski definition) is 0. The van der Waals surface area contributed by atoms with Crippen molar-refractivity contribution < 1.29 is 0 Å². The zero-order valence-corrected chi connectivity index (χ0v) is 8.20. The van der Waals surface area contributed by atoms with Crippen molar-refractivity contribution in [3.05, 3.63) is 59.4 Å². The Morgan fingerprint density at radius 1 is 0.929 bits per heavy atom. The van der Waals surface area contributed by atoms with Crippen LogP contribution in [0.4, 0.5) is 0 Å². The summed E-state index contributed by atoms with van der Waals surface area (Å²) in [6.07, 6.45) is 8.11. The minimum Gasteiger partial charge on any atom is -0.367 e. The van der Waals surface area contributed by atoms with E-state index in [1.165, 1.54) is 16.7 Å². The van der Waals surface area contributed by atoms with Crippen molar-refractivity contribution in [3.63, 3.8) is 0 Å². The van der Waals surface area contributed by atoms with Crippen molar-refractivity contribution >= 4 is 12.2 Å². The molecule has 0 bridgehead atoms. The molecule has 1 heterocycles. The van der Waals surface area contributed by atoms with Crippen molar-refractivity contribution in [1.29, 1.82) is 0 Å². The van der Waals surface area contributed by atoms with Gasteiger partial charge in [-0.25, -0.2) is 0 Å². The predicted molar refractivity (Wildman–Crippen MR) is 60.9 cm³/mol. The van der Waals surface area contributed by atoms with Crippen LogP contribution in [0.2, 0.25) is 0 Å². The van der Waals surface area contributed by atoms with Crippen molar-refractivity contribution in [2.45, 2.75) is 6.92 Å². The summed E-state index contributed by atoms with van der Waals surface area (Å²) < 4.78 is 0. The monoisotopic (exact) mass is 183 g/mol. The highest BCUT2D eigenvalue weighted by Gasteiger charge is 1.87. The summed E-state index contributed by atoms with van der Waals surface area (Å²) in [5.74, 6) is 0. The lowest BCUT2D eigenvalue weighted by Gasteiger charge is -1.93. The van der Waals surface area contributed by atoms with Gasteiger partial charge in [0.15, 0.2) is 0 Å². The van der Waals surface area contributed by atoms with E-state index in [2.05, 4.69) is 48.3 Å². The third-order valence-corrected chi connectivity index (χ3v) is 2.17. The second-order valence-corrected chi connectivity index (χ2v) is 3.39. The molecular weight excluding hydrogens is 170 g/mol. The van der Waals surface area contributed by atoms with Crippen LogP contribution < -0.4 is 0 Å². The molecule has 0 aliphatic carbocycles. The molecule has 1 N–H and O–H groups in total. The molecule has 0 saturated carbocycles. The first kappa shape index (κ1) is 8.82. The molecule has 0 radical (unpaired) electrons. The SMILES string of the molecule is Cc1ccc(/C=C/c2cc[nH]c2)cc1. The van der Waals surface area contributed by atoms with E-state index in [-0.39, 0.29) is 0 Å². The van der Waals surface area contributed by atoms with Crippen LogP contribution in [0.5, 0.6) is 0 Å². The van der Waals surface area contributed by atoms with Crippen molar-refractivity contribution in [2.75, 3.05) is 0 Å². The Morgan fingerprint density at radius 2 is 1.64 bits per heavy atom. The first-order valence-electron chi connectivity index (χ1n) is 4.72. The summed E-state index contributed by atoms with van der Waals surface area (Å²) in [7, 11) is 0. The summed E-state index contributed by atoms with van der Waals surface area (Å²) in [6, 6.07) is 10.5. The fraction of sp³-hybridized carbons (Fsp3) is 0.0769. The fourth-order valence-corrected chi connectivity index (χ4v) is 1.31. The van der Waals surface area contributed by atoms with E-state index < -0.39 is 0 Å². The van der Waals surface area contributed by atoms with Gasteiger partial charge in [-0.05, 0) is 24.1 Å². The average molecular weight is 183 g/mol. The average Bonchev–Trinajstić information content (AvgIpc) is 2.70. The van der Waals surface area contributed by atoms with Crippen LogP contribution in [0.3, 0.4) is 0 Å². The smallest absolute Gasteiger partial charge is 0.00781 e. The van der Waals surface area contributed by atoms with Crippen LogP contribution in [0.25, 0.3) is 12.2 Å². The van der Waals surface area contributed by atoms with Crippen LogP contribution >= 0.6 is 0 Å². The van der Waals surface area contributed by atoms with Gasteiger partial charge >= 0.3 is 0 Å². The Bertz CT molecular complexity index is 407. The number of hydrogen-bond donors (Lipinski definition) is 1. The molecule has 0 saturated heterocycles. The van der Waals surface area contributed by atoms with Gasteiger partial charge in [-0.15, -0.1) is 0 Å². The molecule has 70 valence electrons. The molecule has 1 aromatic heterocycles. The quantitative estimate of drug-likeness (QED) is 0.733. The largest absolute Gasteiger partial charge is 0.367 e. The van der Waals surface area contributed by atoms with Crippen molar-refractivity contribution in [2.24, 2.45) is 0 Å². The Morgan fingerprint density at radius 3 is 2.29 bits per heavy atom. The molecule has 0 spiro atoms. The fourth-order valence-electron chi connectivity index (χ4n) is 1.31. The molecule has 0 aliphatic rings. The first-order chi connectivity index (χ1) is 6.84. The number of benzene rings is 1. The minimum absolute atomic E-state index is 1.20. The zero-order valence-electron chi connectivity index (χ0n) is 8.20. The topological polar surface area (TPSA) is 15.8 Å². The zero-order chi connectivity index (χ0) is 9.80. The normalized spacial score (nSPS) is 10.9. The first-order valence-corrected chi connectivity index (χ1v) is 4.72. The lowest BCUT2D eigenvalue weighted by Crippen LogP contribution is -1.73. The highest BCUT2D eigenvalue weighted by molar-refractivity contribution is 5.69. The Balaban J connectivity index is 2.15. The Hall–Kier alpha value is -1.76. The van der Waals surface area contributed by atoms with Crippen LogP contribution in [-0.2, 0) is 0 Å². The maximum absolute atomic E-state index is 3.02. The van der Waals surface area contributed by atoms with E-state index in [9.17, 15) is 0 Å². The number of aromatic nitrogens is 1. The van der Waals surface area contributed by atoms with Gasteiger partial charge in [-0.1, -0.05) is 42.0 Å². The maximum atomic E-state index is 3.02. The molecule has 0 amide bonds. The Labute approximate surface area is 84.1 Å². The summed E-state index contributed by atoms with van der Waals surface area (Å²) in [4.78, 5) is 3.02. The molecule has 0 fully saturated rings. The van der Waals surface area contributed by atoms with Gasteiger partial charge in [0, 0.05) is 12.4 Å². The molecular formula is C13H13N. The summed E-state index contributed by atoms with van der Waals surface area (Å²) in [5.41, 5.74) is 3.73. The van der Waals surface area contributed by atoms with Crippen molar-refractivity contribution in [3.8, 4) is 0 Å². The van der Waals surface area contributed by atoms with E-state index in [0.717, 1.165) is 0 Å². The molecule has 0 atom stereocenters. The molecule has 14 heavy (non-hydrogen) atoms. The second kappa shape index (κ2) is 3.97. The lowest BCUT2D eigenvalue weighted by molar-refractivity contribution is 1.41. The molecule has 1 nitrogen and oxygen atoms in total. The van der Waals surface area contributed by atoms with Gasteiger partial charge in [0.2, 0.25) is 0 Å². The van der Waals surface area contributed by atoms with Crippen molar-refractivity contribution in [1.82, 2.24) is 4.98 Å². The number of aromatic amines is 1. The highest BCUT2D eigenvalue weighted by atomic mass is 14.6. The van der Waals surface area contributed by atoms with Gasteiger partial charge in [-0.2, -0.15) is 0 Å². The third-order valence-electron chi connectivity index (χ3n) is 2.17. The van der Waals surface area contributed by atoms with Crippen LogP contribution in [0.1, 0.15) is 16.7 Å². The van der Waals surface area contributed by atoms with E-state index in [4.69, 9.17) is 0 Å². The van der Waals surface area contributed by atoms with Gasteiger partial charge < -0.3 is 4.98 Å². The summed E-state index contributed by atoms with van der Waals surface area (Å²) >= 11 is 0. The van der Waals surface area contributed by atoms with Crippen LogP contribution in [-0.4, -0.2) is 4.98 Å².